The summed E-state index contributed by atoms with van der Waals surface area (Å²) in [7, 11) is 0. The molecule has 0 fully saturated rings. The van der Waals surface area contributed by atoms with Gasteiger partial charge in [-0.15, -0.1) is 0 Å². The van der Waals surface area contributed by atoms with Crippen molar-refractivity contribution in [2.24, 2.45) is 0 Å². The molecule has 114 valence electrons. The minimum Gasteiger partial charge on any atom is -0.309 e. The fourth-order valence-electron chi connectivity index (χ4n) is 2.54. The Kier molecular flexibility index (Phi) is 8.56. The van der Waals surface area contributed by atoms with Gasteiger partial charge in [-0.05, 0) is 43.6 Å². The van der Waals surface area contributed by atoms with Crippen molar-refractivity contribution in [2.75, 3.05) is 26.2 Å². The second-order valence-electron chi connectivity index (χ2n) is 5.45. The molecule has 0 spiro atoms. The summed E-state index contributed by atoms with van der Waals surface area (Å²) < 4.78 is 0. The Morgan fingerprint density at radius 3 is 2.25 bits per heavy atom. The molecule has 0 saturated carbocycles. The van der Waals surface area contributed by atoms with Gasteiger partial charge in [-0.2, -0.15) is 0 Å². The summed E-state index contributed by atoms with van der Waals surface area (Å²) >= 11 is 0. The third kappa shape index (κ3) is 5.64. The van der Waals surface area contributed by atoms with E-state index in [1.807, 2.05) is 0 Å². The molecular formula is C18H32N2. The van der Waals surface area contributed by atoms with Crippen molar-refractivity contribution in [2.45, 2.75) is 53.0 Å². The van der Waals surface area contributed by atoms with Crippen LogP contribution in [0.2, 0.25) is 0 Å². The Labute approximate surface area is 125 Å². The summed E-state index contributed by atoms with van der Waals surface area (Å²) in [6.45, 7) is 13.4. The second kappa shape index (κ2) is 9.95. The van der Waals surface area contributed by atoms with Gasteiger partial charge in [-0.1, -0.05) is 58.4 Å². The number of aryl methyl sites for hydroxylation is 1. The van der Waals surface area contributed by atoms with Crippen molar-refractivity contribution in [3.8, 4) is 0 Å². The minimum atomic E-state index is 0.447. The molecule has 0 aliphatic carbocycles. The summed E-state index contributed by atoms with van der Waals surface area (Å²) in [5.41, 5.74) is 2.83. The van der Waals surface area contributed by atoms with Crippen molar-refractivity contribution in [3.05, 3.63) is 35.4 Å². The smallest absolute Gasteiger partial charge is 0.0449 e. The highest BCUT2D eigenvalue weighted by atomic mass is 15.1. The molecule has 1 rings (SSSR count). The molecule has 1 aromatic carbocycles. The molecule has 1 aromatic rings. The van der Waals surface area contributed by atoms with E-state index in [0.29, 0.717) is 6.04 Å². The van der Waals surface area contributed by atoms with Crippen LogP contribution in [0.5, 0.6) is 0 Å². The van der Waals surface area contributed by atoms with Gasteiger partial charge in [0.2, 0.25) is 0 Å². The number of unbranched alkanes of at least 4 members (excludes halogenated alkanes) is 1. The van der Waals surface area contributed by atoms with Crippen LogP contribution in [-0.2, 0) is 6.42 Å². The summed E-state index contributed by atoms with van der Waals surface area (Å²) in [6.07, 6.45) is 3.68. The number of likely N-dealkylation sites (N-methyl/N-ethyl adjacent to an activating group) is 2. The highest BCUT2D eigenvalue weighted by Crippen LogP contribution is 2.16. The van der Waals surface area contributed by atoms with Crippen molar-refractivity contribution in [1.82, 2.24) is 10.2 Å². The zero-order valence-corrected chi connectivity index (χ0v) is 13.8. The van der Waals surface area contributed by atoms with Crippen LogP contribution in [0.3, 0.4) is 0 Å². The van der Waals surface area contributed by atoms with Crippen LogP contribution in [0.4, 0.5) is 0 Å². The maximum Gasteiger partial charge on any atom is 0.0449 e. The van der Waals surface area contributed by atoms with Gasteiger partial charge < -0.3 is 10.2 Å². The van der Waals surface area contributed by atoms with Gasteiger partial charge in [0.05, 0.1) is 0 Å². The molecule has 0 saturated heterocycles. The number of benzene rings is 1. The fraction of sp³-hybridized carbons (Fsp3) is 0.667. The van der Waals surface area contributed by atoms with Gasteiger partial charge in [0.1, 0.15) is 0 Å². The number of nitrogens with zero attached hydrogens (tertiary/aromatic N) is 1. The molecule has 0 aliphatic rings. The van der Waals surface area contributed by atoms with Crippen LogP contribution in [0, 0.1) is 0 Å². The molecule has 2 heteroatoms. The van der Waals surface area contributed by atoms with Crippen LogP contribution in [-0.4, -0.2) is 31.1 Å². The molecule has 1 N–H and O–H groups in total. The van der Waals surface area contributed by atoms with E-state index in [2.05, 4.69) is 62.2 Å². The Morgan fingerprint density at radius 1 is 1.05 bits per heavy atom. The molecule has 0 aliphatic heterocycles. The number of hydrogen-bond donors (Lipinski definition) is 1. The number of rotatable bonds is 10. The second-order valence-corrected chi connectivity index (χ2v) is 5.45. The lowest BCUT2D eigenvalue weighted by Gasteiger charge is -2.27. The van der Waals surface area contributed by atoms with Crippen molar-refractivity contribution in [1.29, 1.82) is 0 Å². The average Bonchev–Trinajstić information content (AvgIpc) is 2.50. The lowest BCUT2D eigenvalue weighted by molar-refractivity contribution is 0.251. The molecule has 0 amide bonds. The molecule has 0 radical (unpaired) electrons. The van der Waals surface area contributed by atoms with E-state index in [9.17, 15) is 0 Å². The first kappa shape index (κ1) is 17.2. The summed E-state index contributed by atoms with van der Waals surface area (Å²) in [4.78, 5) is 2.56. The number of nitrogens with one attached hydrogen (secondary N) is 1. The average molecular weight is 276 g/mol. The monoisotopic (exact) mass is 276 g/mol. The lowest BCUT2D eigenvalue weighted by Crippen LogP contribution is -2.35. The largest absolute Gasteiger partial charge is 0.309 e. The van der Waals surface area contributed by atoms with E-state index in [1.165, 1.54) is 30.5 Å². The van der Waals surface area contributed by atoms with Gasteiger partial charge in [0.25, 0.3) is 0 Å². The van der Waals surface area contributed by atoms with Gasteiger partial charge in [-0.25, -0.2) is 0 Å². The predicted octanol–water partition coefficient (Wildman–Crippen LogP) is 4.02. The minimum absolute atomic E-state index is 0.447. The Bertz CT molecular complexity index is 345. The first-order valence-electron chi connectivity index (χ1n) is 8.29. The maximum absolute atomic E-state index is 3.64. The van der Waals surface area contributed by atoms with Crippen LogP contribution < -0.4 is 5.32 Å². The van der Waals surface area contributed by atoms with Crippen molar-refractivity contribution >= 4 is 0 Å². The van der Waals surface area contributed by atoms with E-state index in [1.54, 1.807) is 0 Å². The van der Waals surface area contributed by atoms with Crippen LogP contribution in [0.25, 0.3) is 0 Å². The standard InChI is InChI=1S/C18H32N2/c1-5-9-14-20(8-4)15-18(19-7-3)17-12-10-16(6-2)11-13-17/h10-13,18-19H,5-9,14-15H2,1-4H3. The topological polar surface area (TPSA) is 15.3 Å². The van der Waals surface area contributed by atoms with Gasteiger partial charge in [0, 0.05) is 12.6 Å². The fourth-order valence-corrected chi connectivity index (χ4v) is 2.54. The Morgan fingerprint density at radius 2 is 1.75 bits per heavy atom. The van der Waals surface area contributed by atoms with Gasteiger partial charge >= 0.3 is 0 Å². The molecule has 2 nitrogen and oxygen atoms in total. The molecule has 0 aromatic heterocycles. The van der Waals surface area contributed by atoms with Gasteiger partial charge in [-0.3, -0.25) is 0 Å². The maximum atomic E-state index is 3.64. The van der Waals surface area contributed by atoms with Gasteiger partial charge in [0.15, 0.2) is 0 Å². The summed E-state index contributed by atoms with van der Waals surface area (Å²) in [5, 5.41) is 3.64. The predicted molar refractivity (Wildman–Crippen MR) is 89.3 cm³/mol. The molecule has 0 bridgehead atoms. The van der Waals surface area contributed by atoms with Crippen molar-refractivity contribution < 1.29 is 0 Å². The van der Waals surface area contributed by atoms with E-state index in [-0.39, 0.29) is 0 Å². The molecule has 0 heterocycles. The first-order valence-corrected chi connectivity index (χ1v) is 8.29. The quantitative estimate of drug-likeness (QED) is 0.694. The zero-order valence-electron chi connectivity index (χ0n) is 13.8. The number of hydrogen-bond acceptors (Lipinski definition) is 2. The van der Waals surface area contributed by atoms with Crippen LogP contribution in [0.1, 0.15) is 57.7 Å². The summed E-state index contributed by atoms with van der Waals surface area (Å²) in [6, 6.07) is 9.56. The Balaban J connectivity index is 2.70. The van der Waals surface area contributed by atoms with Crippen LogP contribution in [0.15, 0.2) is 24.3 Å². The normalized spacial score (nSPS) is 12.8. The van der Waals surface area contributed by atoms with Crippen LogP contribution >= 0.6 is 0 Å². The van der Waals surface area contributed by atoms with Crippen molar-refractivity contribution in [3.63, 3.8) is 0 Å². The van der Waals surface area contributed by atoms with E-state index >= 15 is 0 Å². The Hall–Kier alpha value is -0.860. The molecule has 20 heavy (non-hydrogen) atoms. The zero-order chi connectivity index (χ0) is 14.8. The van der Waals surface area contributed by atoms with E-state index in [4.69, 9.17) is 0 Å². The summed E-state index contributed by atoms with van der Waals surface area (Å²) in [5.74, 6) is 0. The molecule has 1 unspecified atom stereocenters. The highest BCUT2D eigenvalue weighted by molar-refractivity contribution is 5.25. The van der Waals surface area contributed by atoms with E-state index in [0.717, 1.165) is 26.1 Å². The third-order valence-corrected chi connectivity index (χ3v) is 3.96. The SMILES string of the molecule is CCCCN(CC)CC(NCC)c1ccc(CC)cc1. The third-order valence-electron chi connectivity index (χ3n) is 3.96. The van der Waals surface area contributed by atoms with E-state index < -0.39 is 0 Å². The lowest BCUT2D eigenvalue weighted by atomic mass is 10.0. The first-order chi connectivity index (χ1) is 9.74. The molecular weight excluding hydrogens is 244 g/mol. The molecule has 1 atom stereocenters. The highest BCUT2D eigenvalue weighted by Gasteiger charge is 2.14.